The summed E-state index contributed by atoms with van der Waals surface area (Å²) in [6, 6.07) is 0.800. The summed E-state index contributed by atoms with van der Waals surface area (Å²) in [6.45, 7) is 5.78. The molecule has 1 amide bonds. The topological polar surface area (TPSA) is 53.6 Å². The van der Waals surface area contributed by atoms with E-state index in [1.54, 1.807) is 20.8 Å². The number of amides is 1. The highest BCUT2D eigenvalue weighted by atomic mass is 19.3. The van der Waals surface area contributed by atoms with Crippen molar-refractivity contribution in [3.63, 3.8) is 0 Å². The molecule has 1 aliphatic carbocycles. The number of carbonyl (C=O) groups is 1. The summed E-state index contributed by atoms with van der Waals surface area (Å²) in [4.78, 5) is 13.8. The molecule has 0 aromatic carbocycles. The third-order valence-electron chi connectivity index (χ3n) is 3.82. The smallest absolute Gasteiger partial charge is 0.407 e. The Balaban J connectivity index is 1.64. The van der Waals surface area contributed by atoms with E-state index in [2.05, 4.69) is 15.5 Å². The molecule has 128 valence electrons. The third kappa shape index (κ3) is 6.04. The summed E-state index contributed by atoms with van der Waals surface area (Å²) in [5.41, 5.74) is -0.687. The van der Waals surface area contributed by atoms with E-state index in [9.17, 15) is 13.6 Å². The van der Waals surface area contributed by atoms with Gasteiger partial charge in [0.25, 0.3) is 5.92 Å². The van der Waals surface area contributed by atoms with Crippen LogP contribution in [0.15, 0.2) is 0 Å². The normalized spacial score (nSPS) is 23.6. The zero-order valence-corrected chi connectivity index (χ0v) is 13.6. The molecule has 1 saturated heterocycles. The van der Waals surface area contributed by atoms with Gasteiger partial charge in [0.05, 0.1) is 13.1 Å². The Hall–Kier alpha value is -0.950. The molecule has 1 saturated carbocycles. The van der Waals surface area contributed by atoms with Gasteiger partial charge < -0.3 is 15.4 Å². The first kappa shape index (κ1) is 17.4. The number of hydrogen-bond acceptors (Lipinski definition) is 4. The molecule has 22 heavy (non-hydrogen) atoms. The van der Waals surface area contributed by atoms with Crippen LogP contribution in [0.5, 0.6) is 0 Å². The number of likely N-dealkylation sites (tertiary alicyclic amines) is 1. The molecular formula is C15H27F2N3O2. The highest BCUT2D eigenvalue weighted by molar-refractivity contribution is 5.67. The first-order valence-electron chi connectivity index (χ1n) is 7.97. The van der Waals surface area contributed by atoms with Gasteiger partial charge in [-0.1, -0.05) is 0 Å². The van der Waals surface area contributed by atoms with Gasteiger partial charge in [-0.15, -0.1) is 0 Å². The Bertz CT molecular complexity index is 395. The molecule has 2 fully saturated rings. The Kier molecular flexibility index (Phi) is 5.27. The van der Waals surface area contributed by atoms with E-state index in [0.29, 0.717) is 6.04 Å². The van der Waals surface area contributed by atoms with Gasteiger partial charge in [0, 0.05) is 25.2 Å². The van der Waals surface area contributed by atoms with Crippen LogP contribution in [-0.2, 0) is 4.74 Å². The van der Waals surface area contributed by atoms with Crippen LogP contribution in [0.2, 0.25) is 0 Å². The summed E-state index contributed by atoms with van der Waals surface area (Å²) in [6.07, 6.45) is 2.57. The van der Waals surface area contributed by atoms with Crippen LogP contribution in [-0.4, -0.2) is 60.8 Å². The van der Waals surface area contributed by atoms with Crippen LogP contribution in [0.4, 0.5) is 13.6 Å². The van der Waals surface area contributed by atoms with Crippen LogP contribution in [0.3, 0.4) is 0 Å². The van der Waals surface area contributed by atoms with E-state index in [1.807, 2.05) is 0 Å². The average molecular weight is 319 g/mol. The van der Waals surface area contributed by atoms with Crippen LogP contribution in [0, 0.1) is 0 Å². The lowest BCUT2D eigenvalue weighted by atomic mass is 10.2. The summed E-state index contributed by atoms with van der Waals surface area (Å²) in [5, 5.41) is 5.05. The van der Waals surface area contributed by atoms with Crippen molar-refractivity contribution in [2.24, 2.45) is 0 Å². The van der Waals surface area contributed by atoms with Gasteiger partial charge in [0.1, 0.15) is 5.60 Å². The molecule has 0 aromatic rings. The fourth-order valence-electron chi connectivity index (χ4n) is 2.60. The van der Waals surface area contributed by atoms with Crippen molar-refractivity contribution in [1.82, 2.24) is 15.5 Å². The minimum atomic E-state index is -2.98. The highest BCUT2D eigenvalue weighted by Crippen LogP contribution is 2.29. The maximum absolute atomic E-state index is 13.8. The monoisotopic (exact) mass is 319 g/mol. The van der Waals surface area contributed by atoms with E-state index in [4.69, 9.17) is 4.74 Å². The standard InChI is InChI=1S/C15H27F2N3O2/c1-14(2,3)22-13(21)19-10-15(16,17)9-18-11-6-7-20(8-11)12-4-5-12/h11-12,18H,4-10H2,1-3H3,(H,19,21). The van der Waals surface area contributed by atoms with E-state index in [0.717, 1.165) is 19.5 Å². The summed E-state index contributed by atoms with van der Waals surface area (Å²) in [7, 11) is 0. The molecule has 7 heteroatoms. The van der Waals surface area contributed by atoms with Gasteiger partial charge in [-0.2, -0.15) is 0 Å². The van der Waals surface area contributed by atoms with E-state index in [1.165, 1.54) is 12.8 Å². The molecule has 2 rings (SSSR count). The van der Waals surface area contributed by atoms with Crippen molar-refractivity contribution < 1.29 is 18.3 Å². The number of alkyl carbamates (subject to hydrolysis) is 1. The predicted octanol–water partition coefficient (Wildman–Crippen LogP) is 1.97. The maximum atomic E-state index is 13.8. The third-order valence-corrected chi connectivity index (χ3v) is 3.82. The van der Waals surface area contributed by atoms with Gasteiger partial charge in [-0.05, 0) is 40.0 Å². The second-order valence-electron chi connectivity index (χ2n) is 7.30. The molecule has 2 aliphatic rings. The lowest BCUT2D eigenvalue weighted by Gasteiger charge is -2.23. The largest absolute Gasteiger partial charge is 0.444 e. The molecule has 1 unspecified atom stereocenters. The molecule has 0 spiro atoms. The molecule has 2 N–H and O–H groups in total. The van der Waals surface area contributed by atoms with E-state index in [-0.39, 0.29) is 6.04 Å². The quantitative estimate of drug-likeness (QED) is 0.786. The fraction of sp³-hybridized carbons (Fsp3) is 0.933. The van der Waals surface area contributed by atoms with E-state index >= 15 is 0 Å². The first-order chi connectivity index (χ1) is 10.1. The number of rotatable bonds is 6. The van der Waals surface area contributed by atoms with Crippen molar-refractivity contribution in [1.29, 1.82) is 0 Å². The second kappa shape index (κ2) is 6.66. The second-order valence-corrected chi connectivity index (χ2v) is 7.30. The first-order valence-corrected chi connectivity index (χ1v) is 7.97. The molecule has 0 bridgehead atoms. The minimum Gasteiger partial charge on any atom is -0.444 e. The van der Waals surface area contributed by atoms with Crippen molar-refractivity contribution in [3.8, 4) is 0 Å². The Morgan fingerprint density at radius 3 is 2.50 bits per heavy atom. The van der Waals surface area contributed by atoms with Crippen LogP contribution in [0.25, 0.3) is 0 Å². The Morgan fingerprint density at radius 1 is 1.23 bits per heavy atom. The minimum absolute atomic E-state index is 0.119. The number of ether oxygens (including phenoxy) is 1. The van der Waals surface area contributed by atoms with Gasteiger partial charge in [0.15, 0.2) is 0 Å². The molecule has 1 atom stereocenters. The van der Waals surface area contributed by atoms with Gasteiger partial charge >= 0.3 is 6.09 Å². The number of halogens is 2. The maximum Gasteiger partial charge on any atom is 0.407 e. The molecule has 0 radical (unpaired) electrons. The molecule has 5 nitrogen and oxygen atoms in total. The fourth-order valence-corrected chi connectivity index (χ4v) is 2.60. The summed E-state index contributed by atoms with van der Waals surface area (Å²) in [5.74, 6) is -2.98. The lowest BCUT2D eigenvalue weighted by Crippen LogP contribution is -2.47. The zero-order chi connectivity index (χ0) is 16.4. The molecule has 1 heterocycles. The Morgan fingerprint density at radius 2 is 1.91 bits per heavy atom. The van der Waals surface area contributed by atoms with Gasteiger partial charge in [0.2, 0.25) is 0 Å². The molecular weight excluding hydrogens is 292 g/mol. The predicted molar refractivity (Wildman–Crippen MR) is 80.2 cm³/mol. The highest BCUT2D eigenvalue weighted by Gasteiger charge is 2.36. The van der Waals surface area contributed by atoms with Crippen LogP contribution in [0.1, 0.15) is 40.0 Å². The SMILES string of the molecule is CC(C)(C)OC(=O)NCC(F)(F)CNC1CCN(C2CC2)C1. The van der Waals surface area contributed by atoms with Crippen molar-refractivity contribution in [2.75, 3.05) is 26.2 Å². The van der Waals surface area contributed by atoms with Crippen molar-refractivity contribution in [2.45, 2.75) is 63.6 Å². The van der Waals surface area contributed by atoms with Gasteiger partial charge in [-0.25, -0.2) is 13.6 Å². The summed E-state index contributed by atoms with van der Waals surface area (Å²) < 4.78 is 32.5. The lowest BCUT2D eigenvalue weighted by molar-refractivity contribution is -0.00536. The zero-order valence-electron chi connectivity index (χ0n) is 13.6. The van der Waals surface area contributed by atoms with Crippen LogP contribution < -0.4 is 10.6 Å². The van der Waals surface area contributed by atoms with E-state index < -0.39 is 30.7 Å². The summed E-state index contributed by atoms with van der Waals surface area (Å²) >= 11 is 0. The molecule has 0 aromatic heterocycles. The number of hydrogen-bond donors (Lipinski definition) is 2. The van der Waals surface area contributed by atoms with Crippen molar-refractivity contribution >= 4 is 6.09 Å². The number of alkyl halides is 2. The van der Waals surface area contributed by atoms with Gasteiger partial charge in [-0.3, -0.25) is 4.90 Å². The Labute approximate surface area is 130 Å². The van der Waals surface area contributed by atoms with Crippen molar-refractivity contribution in [3.05, 3.63) is 0 Å². The number of nitrogens with zero attached hydrogens (tertiary/aromatic N) is 1. The number of nitrogens with one attached hydrogen (secondary N) is 2. The van der Waals surface area contributed by atoms with Crippen LogP contribution >= 0.6 is 0 Å². The average Bonchev–Trinajstić information content (AvgIpc) is 3.12. The number of carbonyl (C=O) groups excluding carboxylic acids is 1. The molecule has 1 aliphatic heterocycles.